The number of rotatable bonds is 4. The van der Waals surface area contributed by atoms with Gasteiger partial charge in [-0.15, -0.1) is 4.40 Å². The van der Waals surface area contributed by atoms with Crippen LogP contribution in [0.3, 0.4) is 0 Å². The van der Waals surface area contributed by atoms with Crippen molar-refractivity contribution in [2.75, 3.05) is 18.1 Å². The fourth-order valence-electron chi connectivity index (χ4n) is 4.09. The van der Waals surface area contributed by atoms with E-state index in [1.54, 1.807) is 18.4 Å². The summed E-state index contributed by atoms with van der Waals surface area (Å²) in [5.41, 5.74) is 3.77. The third-order valence-corrected chi connectivity index (χ3v) is 6.82. The molecule has 2 aliphatic rings. The molecule has 33 heavy (non-hydrogen) atoms. The third kappa shape index (κ3) is 3.86. The molecule has 1 fully saturated rings. The Hall–Kier alpha value is -3.66. The lowest BCUT2D eigenvalue weighted by molar-refractivity contribution is 0.412. The highest BCUT2D eigenvalue weighted by Gasteiger charge is 2.41. The molecule has 0 amide bonds. The fourth-order valence-corrected chi connectivity index (χ4v) is 5.39. The summed E-state index contributed by atoms with van der Waals surface area (Å²) in [6.45, 7) is 2.41. The second-order valence-electron chi connectivity index (χ2n) is 7.86. The zero-order chi connectivity index (χ0) is 23.2. The molecule has 0 N–H and O–H groups in total. The molecule has 0 unspecified atom stereocenters. The summed E-state index contributed by atoms with van der Waals surface area (Å²) >= 11 is 0. The molecule has 10 heteroatoms. The van der Waals surface area contributed by atoms with Crippen LogP contribution in [0.1, 0.15) is 24.1 Å². The van der Waals surface area contributed by atoms with E-state index in [1.165, 1.54) is 24.3 Å². The van der Waals surface area contributed by atoms with Gasteiger partial charge in [-0.3, -0.25) is 5.01 Å². The summed E-state index contributed by atoms with van der Waals surface area (Å²) in [7, 11) is -2.36. The number of anilines is 1. The van der Waals surface area contributed by atoms with Crippen LogP contribution in [0.25, 0.3) is 11.8 Å². The van der Waals surface area contributed by atoms with Gasteiger partial charge in [0.1, 0.15) is 11.6 Å². The van der Waals surface area contributed by atoms with E-state index in [2.05, 4.69) is 9.38 Å². The van der Waals surface area contributed by atoms with Gasteiger partial charge in [0.15, 0.2) is 5.84 Å². The number of nitrogens with zero attached hydrogens (tertiary/aromatic N) is 5. The second kappa shape index (κ2) is 8.04. The molecule has 2 aromatic carbocycles. The molecule has 0 radical (unpaired) electrons. The number of piperidine rings is 1. The van der Waals surface area contributed by atoms with Gasteiger partial charge < -0.3 is 9.30 Å². The van der Waals surface area contributed by atoms with Gasteiger partial charge in [0.25, 0.3) is 0 Å². The number of hydrogen-bond acceptors (Lipinski definition) is 5. The monoisotopic (exact) mass is 467 g/mol. The first kappa shape index (κ1) is 21.2. The molecule has 8 nitrogen and oxygen atoms in total. The molecule has 0 aliphatic carbocycles. The van der Waals surface area contributed by atoms with Crippen molar-refractivity contribution in [3.8, 4) is 11.4 Å². The van der Waals surface area contributed by atoms with Crippen molar-refractivity contribution < 1.29 is 17.5 Å². The normalized spacial score (nSPS) is 18.4. The van der Waals surface area contributed by atoms with Crippen LogP contribution in [0.2, 0.25) is 0 Å². The number of imidazole rings is 1. The van der Waals surface area contributed by atoms with E-state index < -0.39 is 16.0 Å². The Balaban J connectivity index is 1.50. The zero-order valence-corrected chi connectivity index (χ0v) is 19.0. The van der Waals surface area contributed by atoms with Gasteiger partial charge in [-0.2, -0.15) is 12.8 Å². The SMILES string of the molecule is COc1cc(C=C2CCCN3C2=NS(=O)(=O)N3c2ccc(F)cc2)ccc1-n1cnc(C)c1. The quantitative estimate of drug-likeness (QED) is 0.582. The minimum absolute atomic E-state index is 0.345. The predicted octanol–water partition coefficient (Wildman–Crippen LogP) is 3.89. The van der Waals surface area contributed by atoms with E-state index in [0.29, 0.717) is 30.2 Å². The summed E-state index contributed by atoms with van der Waals surface area (Å²) < 4.78 is 51.8. The Morgan fingerprint density at radius 3 is 2.64 bits per heavy atom. The lowest BCUT2D eigenvalue weighted by atomic mass is 10.0. The highest BCUT2D eigenvalue weighted by molar-refractivity contribution is 7.92. The smallest absolute Gasteiger partial charge is 0.364 e. The van der Waals surface area contributed by atoms with Gasteiger partial charge in [-0.25, -0.2) is 9.37 Å². The minimum atomic E-state index is -3.97. The van der Waals surface area contributed by atoms with Crippen molar-refractivity contribution in [1.29, 1.82) is 0 Å². The average Bonchev–Trinajstić information content (AvgIpc) is 3.34. The topological polar surface area (TPSA) is 80.0 Å². The molecule has 0 atom stereocenters. The van der Waals surface area contributed by atoms with Gasteiger partial charge in [-0.05, 0) is 73.4 Å². The molecule has 0 saturated carbocycles. The van der Waals surface area contributed by atoms with E-state index in [0.717, 1.165) is 33.4 Å². The average molecular weight is 468 g/mol. The van der Waals surface area contributed by atoms with Crippen LogP contribution in [0.5, 0.6) is 5.75 Å². The predicted molar refractivity (Wildman–Crippen MR) is 124 cm³/mol. The summed E-state index contributed by atoms with van der Waals surface area (Å²) in [5.74, 6) is 0.626. The number of halogens is 1. The summed E-state index contributed by atoms with van der Waals surface area (Å²) in [5, 5.41) is 1.64. The van der Waals surface area contributed by atoms with Crippen molar-refractivity contribution >= 4 is 27.8 Å². The van der Waals surface area contributed by atoms with Gasteiger partial charge in [0, 0.05) is 12.7 Å². The molecule has 170 valence electrons. The first-order valence-corrected chi connectivity index (χ1v) is 11.8. The van der Waals surface area contributed by atoms with Crippen molar-refractivity contribution in [2.45, 2.75) is 19.8 Å². The summed E-state index contributed by atoms with van der Waals surface area (Å²) in [6.07, 6.45) is 7.01. The van der Waals surface area contributed by atoms with Crippen LogP contribution in [-0.4, -0.2) is 42.5 Å². The maximum atomic E-state index is 13.4. The van der Waals surface area contributed by atoms with E-state index in [9.17, 15) is 12.8 Å². The van der Waals surface area contributed by atoms with Crippen molar-refractivity contribution in [3.63, 3.8) is 0 Å². The first-order chi connectivity index (χ1) is 15.9. The minimum Gasteiger partial charge on any atom is -0.495 e. The maximum Gasteiger partial charge on any atom is 0.364 e. The van der Waals surface area contributed by atoms with E-state index in [4.69, 9.17) is 4.74 Å². The van der Waals surface area contributed by atoms with E-state index in [-0.39, 0.29) is 0 Å². The molecule has 2 aliphatic heterocycles. The number of benzene rings is 2. The summed E-state index contributed by atoms with van der Waals surface area (Å²) in [6, 6.07) is 11.1. The number of methoxy groups -OCH3 is 1. The Labute approximate surface area is 191 Å². The fraction of sp³-hybridized carbons (Fsp3) is 0.217. The highest BCUT2D eigenvalue weighted by Crippen LogP contribution is 2.34. The Morgan fingerprint density at radius 2 is 1.94 bits per heavy atom. The molecular formula is C23H22FN5O3S. The van der Waals surface area contributed by atoms with Crippen molar-refractivity contribution in [2.24, 2.45) is 4.40 Å². The number of amidine groups is 1. The molecule has 0 bridgehead atoms. The largest absolute Gasteiger partial charge is 0.495 e. The van der Waals surface area contributed by atoms with Gasteiger partial charge in [0.05, 0.1) is 30.5 Å². The van der Waals surface area contributed by atoms with Crippen LogP contribution in [0.15, 0.2) is 65.0 Å². The molecule has 0 spiro atoms. The number of aromatic nitrogens is 2. The molecule has 5 rings (SSSR count). The lowest BCUT2D eigenvalue weighted by Crippen LogP contribution is -2.46. The van der Waals surface area contributed by atoms with Crippen molar-refractivity contribution in [1.82, 2.24) is 14.6 Å². The van der Waals surface area contributed by atoms with Gasteiger partial charge in [-0.1, -0.05) is 6.07 Å². The number of hydrazine groups is 1. The molecular weight excluding hydrogens is 445 g/mol. The Kier molecular flexibility index (Phi) is 5.16. The lowest BCUT2D eigenvalue weighted by Gasteiger charge is -2.33. The first-order valence-electron chi connectivity index (χ1n) is 10.4. The van der Waals surface area contributed by atoms with Crippen LogP contribution in [-0.2, 0) is 10.2 Å². The van der Waals surface area contributed by atoms with Gasteiger partial charge in [0.2, 0.25) is 0 Å². The zero-order valence-electron chi connectivity index (χ0n) is 18.1. The Bertz CT molecular complexity index is 1380. The number of fused-ring (bicyclic) bond motifs is 1. The number of ether oxygens (including phenoxy) is 1. The van der Waals surface area contributed by atoms with Crippen LogP contribution >= 0.6 is 0 Å². The van der Waals surface area contributed by atoms with Crippen molar-refractivity contribution in [3.05, 3.63) is 77.6 Å². The molecule has 3 aromatic rings. The number of aryl methyl sites for hydroxylation is 1. The summed E-state index contributed by atoms with van der Waals surface area (Å²) in [4.78, 5) is 4.26. The van der Waals surface area contributed by atoms with Crippen LogP contribution < -0.4 is 9.15 Å². The molecule has 1 saturated heterocycles. The van der Waals surface area contributed by atoms with E-state index >= 15 is 0 Å². The molecule has 1 aromatic heterocycles. The highest BCUT2D eigenvalue weighted by atomic mass is 32.2. The van der Waals surface area contributed by atoms with Crippen LogP contribution in [0, 0.1) is 12.7 Å². The second-order valence-corrected chi connectivity index (χ2v) is 9.29. The maximum absolute atomic E-state index is 13.4. The number of hydrogen-bond donors (Lipinski definition) is 0. The standard InChI is InChI=1S/C23H22FN5O3S/c1-16-14-27(15-25-16)21-10-5-17(13-22(21)32-2)12-18-4-3-11-28-23(18)26-33(30,31)29(28)20-8-6-19(24)7-9-20/h5-10,12-15H,3-4,11H2,1-2H3. The van der Waals surface area contributed by atoms with Gasteiger partial charge >= 0.3 is 10.2 Å². The molecule has 3 heterocycles. The Morgan fingerprint density at radius 1 is 1.15 bits per heavy atom. The van der Waals surface area contributed by atoms with E-state index in [1.807, 2.05) is 42.0 Å². The third-order valence-electron chi connectivity index (χ3n) is 5.57. The van der Waals surface area contributed by atoms with Crippen LogP contribution in [0.4, 0.5) is 10.1 Å².